The van der Waals surface area contributed by atoms with Gasteiger partial charge in [-0.05, 0) is 61.4 Å². The normalized spacial score (nSPS) is 11.0. The molecule has 26 heavy (non-hydrogen) atoms. The fourth-order valence-electron chi connectivity index (χ4n) is 3.55. The lowest BCUT2D eigenvalue weighted by atomic mass is 10.0. The molecule has 0 unspecified atom stereocenters. The Kier molecular flexibility index (Phi) is 3.96. The SMILES string of the molecule is CC(=O)c1cc(-c2ccc3ccccc3c2)n(-c2ccc(C)cc2)c1C. The number of carbonyl (C=O) groups excluding carboxylic acids is 1. The molecule has 0 radical (unpaired) electrons. The van der Waals surface area contributed by atoms with Crippen LogP contribution in [0, 0.1) is 13.8 Å². The van der Waals surface area contributed by atoms with E-state index < -0.39 is 0 Å². The van der Waals surface area contributed by atoms with Crippen LogP contribution in [0.5, 0.6) is 0 Å². The van der Waals surface area contributed by atoms with Gasteiger partial charge in [-0.25, -0.2) is 0 Å². The Morgan fingerprint density at radius 3 is 2.19 bits per heavy atom. The van der Waals surface area contributed by atoms with Crippen molar-refractivity contribution in [3.05, 3.63) is 89.6 Å². The van der Waals surface area contributed by atoms with Gasteiger partial charge in [0.2, 0.25) is 0 Å². The number of hydrogen-bond acceptors (Lipinski definition) is 1. The van der Waals surface area contributed by atoms with Gasteiger partial charge in [0.05, 0.1) is 5.69 Å². The number of benzene rings is 3. The average Bonchev–Trinajstić information content (AvgIpc) is 2.99. The molecular weight excluding hydrogens is 318 g/mol. The van der Waals surface area contributed by atoms with Gasteiger partial charge >= 0.3 is 0 Å². The van der Waals surface area contributed by atoms with Crippen molar-refractivity contribution in [2.45, 2.75) is 20.8 Å². The van der Waals surface area contributed by atoms with Crippen LogP contribution in [-0.2, 0) is 0 Å². The monoisotopic (exact) mass is 339 g/mol. The molecule has 2 heteroatoms. The third-order valence-corrected chi connectivity index (χ3v) is 4.96. The van der Waals surface area contributed by atoms with Crippen LogP contribution < -0.4 is 0 Å². The molecule has 0 bridgehead atoms. The lowest BCUT2D eigenvalue weighted by molar-refractivity contribution is 0.101. The van der Waals surface area contributed by atoms with Crippen LogP contribution in [0.25, 0.3) is 27.7 Å². The van der Waals surface area contributed by atoms with Crippen LogP contribution in [0.2, 0.25) is 0 Å². The molecule has 4 aromatic rings. The van der Waals surface area contributed by atoms with Gasteiger partial charge in [0.25, 0.3) is 0 Å². The highest BCUT2D eigenvalue weighted by molar-refractivity contribution is 5.97. The summed E-state index contributed by atoms with van der Waals surface area (Å²) in [6.45, 7) is 5.73. The highest BCUT2D eigenvalue weighted by Crippen LogP contribution is 2.31. The van der Waals surface area contributed by atoms with Crippen LogP contribution >= 0.6 is 0 Å². The number of rotatable bonds is 3. The number of aromatic nitrogens is 1. The molecule has 0 fully saturated rings. The molecule has 1 aromatic heterocycles. The van der Waals surface area contributed by atoms with Crippen molar-refractivity contribution in [1.82, 2.24) is 4.57 Å². The fourth-order valence-corrected chi connectivity index (χ4v) is 3.55. The Balaban J connectivity index is 1.98. The zero-order chi connectivity index (χ0) is 18.3. The molecule has 0 aliphatic carbocycles. The number of Topliss-reactive ketones (excluding diaryl/α,β-unsaturated/α-hetero) is 1. The lowest BCUT2D eigenvalue weighted by Gasteiger charge is -2.13. The van der Waals surface area contributed by atoms with Crippen molar-refractivity contribution in [3.63, 3.8) is 0 Å². The molecule has 0 saturated heterocycles. The van der Waals surface area contributed by atoms with Crippen molar-refractivity contribution < 1.29 is 4.79 Å². The van der Waals surface area contributed by atoms with E-state index in [-0.39, 0.29) is 5.78 Å². The van der Waals surface area contributed by atoms with Gasteiger partial charge in [0.1, 0.15) is 0 Å². The largest absolute Gasteiger partial charge is 0.313 e. The predicted molar refractivity (Wildman–Crippen MR) is 108 cm³/mol. The maximum Gasteiger partial charge on any atom is 0.161 e. The lowest BCUT2D eigenvalue weighted by Crippen LogP contribution is -2.01. The molecule has 128 valence electrons. The number of carbonyl (C=O) groups is 1. The second-order valence-corrected chi connectivity index (χ2v) is 6.82. The minimum Gasteiger partial charge on any atom is -0.313 e. The topological polar surface area (TPSA) is 22.0 Å². The summed E-state index contributed by atoms with van der Waals surface area (Å²) < 4.78 is 2.18. The van der Waals surface area contributed by atoms with Crippen molar-refractivity contribution >= 4 is 16.6 Å². The molecule has 0 aliphatic heterocycles. The molecule has 0 spiro atoms. The molecule has 1 heterocycles. The minimum absolute atomic E-state index is 0.0930. The predicted octanol–water partition coefficient (Wildman–Crippen LogP) is 6.12. The van der Waals surface area contributed by atoms with Crippen molar-refractivity contribution in [2.24, 2.45) is 0 Å². The van der Waals surface area contributed by atoms with Crippen LogP contribution in [0.15, 0.2) is 72.8 Å². The smallest absolute Gasteiger partial charge is 0.161 e. The quantitative estimate of drug-likeness (QED) is 0.412. The van der Waals surface area contributed by atoms with Gasteiger partial charge in [0.15, 0.2) is 5.78 Å². The van der Waals surface area contributed by atoms with E-state index >= 15 is 0 Å². The maximum atomic E-state index is 12.1. The molecular formula is C24H21NO. The first kappa shape index (κ1) is 16.3. The van der Waals surface area contributed by atoms with Gasteiger partial charge < -0.3 is 4.57 Å². The van der Waals surface area contributed by atoms with Crippen LogP contribution in [0.4, 0.5) is 0 Å². The summed E-state index contributed by atoms with van der Waals surface area (Å²) in [7, 11) is 0. The molecule has 0 N–H and O–H groups in total. The Bertz CT molecular complexity index is 1120. The zero-order valence-corrected chi connectivity index (χ0v) is 15.3. The van der Waals surface area contributed by atoms with Gasteiger partial charge in [-0.15, -0.1) is 0 Å². The highest BCUT2D eigenvalue weighted by atomic mass is 16.1. The van der Waals surface area contributed by atoms with Crippen molar-refractivity contribution in [1.29, 1.82) is 0 Å². The molecule has 2 nitrogen and oxygen atoms in total. The van der Waals surface area contributed by atoms with E-state index in [1.165, 1.54) is 16.3 Å². The zero-order valence-electron chi connectivity index (χ0n) is 15.3. The summed E-state index contributed by atoms with van der Waals surface area (Å²) in [5.41, 5.74) is 6.20. The average molecular weight is 339 g/mol. The Morgan fingerprint density at radius 1 is 0.808 bits per heavy atom. The highest BCUT2D eigenvalue weighted by Gasteiger charge is 2.17. The summed E-state index contributed by atoms with van der Waals surface area (Å²) in [6.07, 6.45) is 0. The first-order valence-corrected chi connectivity index (χ1v) is 8.84. The van der Waals surface area contributed by atoms with E-state index in [1.54, 1.807) is 6.92 Å². The van der Waals surface area contributed by atoms with Gasteiger partial charge in [-0.3, -0.25) is 4.79 Å². The van der Waals surface area contributed by atoms with Crippen molar-refractivity contribution in [3.8, 4) is 16.9 Å². The van der Waals surface area contributed by atoms with E-state index in [1.807, 2.05) is 13.0 Å². The van der Waals surface area contributed by atoms with Gasteiger partial charge in [-0.1, -0.05) is 54.1 Å². The van der Waals surface area contributed by atoms with E-state index in [0.29, 0.717) is 0 Å². The second kappa shape index (κ2) is 6.30. The Labute approximate surface area is 153 Å². The molecule has 4 rings (SSSR count). The molecule has 0 atom stereocenters. The van der Waals surface area contributed by atoms with E-state index in [9.17, 15) is 4.79 Å². The summed E-state index contributed by atoms with van der Waals surface area (Å²) in [4.78, 5) is 12.1. The van der Waals surface area contributed by atoms with Crippen LogP contribution in [0.1, 0.15) is 28.5 Å². The molecule has 0 saturated carbocycles. The Hall–Kier alpha value is -3.13. The standard InChI is InChI=1S/C24H21NO/c1-16-8-12-22(13-9-16)25-17(2)23(18(3)26)15-24(25)21-11-10-19-6-4-5-7-20(19)14-21/h4-15H,1-3H3. The Morgan fingerprint density at radius 2 is 1.50 bits per heavy atom. The van der Waals surface area contributed by atoms with Gasteiger partial charge in [0, 0.05) is 16.9 Å². The van der Waals surface area contributed by atoms with E-state index in [4.69, 9.17) is 0 Å². The van der Waals surface area contributed by atoms with E-state index in [2.05, 4.69) is 78.2 Å². The number of nitrogens with zero attached hydrogens (tertiary/aromatic N) is 1. The minimum atomic E-state index is 0.0930. The van der Waals surface area contributed by atoms with Crippen LogP contribution in [0.3, 0.4) is 0 Å². The van der Waals surface area contributed by atoms with E-state index in [0.717, 1.165) is 28.2 Å². The first-order valence-electron chi connectivity index (χ1n) is 8.84. The molecule has 0 amide bonds. The molecule has 0 aliphatic rings. The third-order valence-electron chi connectivity index (χ3n) is 4.96. The fraction of sp³-hybridized carbons (Fsp3) is 0.125. The number of ketones is 1. The maximum absolute atomic E-state index is 12.1. The van der Waals surface area contributed by atoms with Gasteiger partial charge in [-0.2, -0.15) is 0 Å². The third kappa shape index (κ3) is 2.74. The summed E-state index contributed by atoms with van der Waals surface area (Å²) in [5.74, 6) is 0.0930. The van der Waals surface area contributed by atoms with Crippen LogP contribution in [-0.4, -0.2) is 10.4 Å². The first-order chi connectivity index (χ1) is 12.5. The number of aryl methyl sites for hydroxylation is 1. The summed E-state index contributed by atoms with van der Waals surface area (Å²) >= 11 is 0. The molecule has 3 aromatic carbocycles. The number of fused-ring (bicyclic) bond motifs is 1. The summed E-state index contributed by atoms with van der Waals surface area (Å²) in [5, 5.41) is 2.41. The second-order valence-electron chi connectivity index (χ2n) is 6.82. The summed E-state index contributed by atoms with van der Waals surface area (Å²) in [6, 6.07) is 25.2. The van der Waals surface area contributed by atoms with Crippen molar-refractivity contribution in [2.75, 3.05) is 0 Å². The number of hydrogen-bond donors (Lipinski definition) is 0.